The molecule has 28 heavy (non-hydrogen) atoms. The Hall–Kier alpha value is -3.06. The average molecular weight is 405 g/mol. The SMILES string of the molecule is CC(=O)Nc1ccc(NC(=O)COC(=O)C(C)(C)Oc2ccc(Cl)cc2)cc1. The molecule has 2 aromatic rings. The van der Waals surface area contributed by atoms with Crippen molar-refractivity contribution in [1.29, 1.82) is 0 Å². The van der Waals surface area contributed by atoms with Crippen LogP contribution in [0.15, 0.2) is 48.5 Å². The van der Waals surface area contributed by atoms with E-state index in [0.717, 1.165) is 0 Å². The van der Waals surface area contributed by atoms with Gasteiger partial charge in [0.1, 0.15) is 5.75 Å². The molecule has 2 N–H and O–H groups in total. The van der Waals surface area contributed by atoms with Crippen molar-refractivity contribution in [1.82, 2.24) is 0 Å². The molecule has 0 heterocycles. The Kier molecular flexibility index (Phi) is 7.00. The summed E-state index contributed by atoms with van der Waals surface area (Å²) >= 11 is 5.82. The predicted octanol–water partition coefficient (Wildman–Crippen LogP) is 3.64. The van der Waals surface area contributed by atoms with Crippen LogP contribution in [0, 0.1) is 0 Å². The van der Waals surface area contributed by atoms with Crippen LogP contribution in [-0.2, 0) is 19.1 Å². The molecule has 0 aliphatic rings. The number of halogens is 1. The zero-order valence-corrected chi connectivity index (χ0v) is 16.5. The van der Waals surface area contributed by atoms with E-state index in [9.17, 15) is 14.4 Å². The van der Waals surface area contributed by atoms with Gasteiger partial charge in [-0.05, 0) is 62.4 Å². The van der Waals surface area contributed by atoms with Gasteiger partial charge in [0.15, 0.2) is 12.2 Å². The fourth-order valence-electron chi connectivity index (χ4n) is 2.18. The number of benzene rings is 2. The van der Waals surface area contributed by atoms with Crippen LogP contribution in [0.3, 0.4) is 0 Å². The van der Waals surface area contributed by atoms with Gasteiger partial charge in [-0.1, -0.05) is 11.6 Å². The van der Waals surface area contributed by atoms with Crippen molar-refractivity contribution >= 4 is 40.8 Å². The molecule has 0 aliphatic carbocycles. The topological polar surface area (TPSA) is 93.7 Å². The van der Waals surface area contributed by atoms with Gasteiger partial charge < -0.3 is 20.1 Å². The van der Waals surface area contributed by atoms with Crippen LogP contribution in [-0.4, -0.2) is 30.0 Å². The second-order valence-electron chi connectivity index (χ2n) is 6.45. The van der Waals surface area contributed by atoms with E-state index in [0.29, 0.717) is 22.1 Å². The molecule has 0 aromatic heterocycles. The van der Waals surface area contributed by atoms with Gasteiger partial charge in [-0.25, -0.2) is 4.79 Å². The maximum atomic E-state index is 12.2. The molecule has 148 valence electrons. The van der Waals surface area contributed by atoms with Crippen LogP contribution in [0.5, 0.6) is 5.75 Å². The summed E-state index contributed by atoms with van der Waals surface area (Å²) in [7, 11) is 0. The van der Waals surface area contributed by atoms with E-state index in [-0.39, 0.29) is 5.91 Å². The summed E-state index contributed by atoms with van der Waals surface area (Å²) in [5.41, 5.74) is -0.168. The lowest BCUT2D eigenvalue weighted by molar-refractivity contribution is -0.161. The van der Waals surface area contributed by atoms with Crippen LogP contribution in [0.25, 0.3) is 0 Å². The summed E-state index contributed by atoms with van der Waals surface area (Å²) in [6.45, 7) is 4.03. The van der Waals surface area contributed by atoms with Crippen LogP contribution in [0.4, 0.5) is 11.4 Å². The standard InChI is InChI=1S/C20H21ClN2O5/c1-13(24)22-15-6-8-16(9-7-15)23-18(25)12-27-19(26)20(2,3)28-17-10-4-14(21)5-11-17/h4-11H,12H2,1-3H3,(H,22,24)(H,23,25). The zero-order valence-electron chi connectivity index (χ0n) is 15.7. The number of carbonyl (C=O) groups excluding carboxylic acids is 3. The van der Waals surface area contributed by atoms with Gasteiger partial charge >= 0.3 is 5.97 Å². The molecule has 0 aliphatic heterocycles. The van der Waals surface area contributed by atoms with E-state index < -0.39 is 24.1 Å². The Labute approximate surface area is 168 Å². The van der Waals surface area contributed by atoms with E-state index in [2.05, 4.69) is 10.6 Å². The molecule has 0 saturated heterocycles. The third-order valence-electron chi connectivity index (χ3n) is 3.50. The quantitative estimate of drug-likeness (QED) is 0.687. The predicted molar refractivity (Wildman–Crippen MR) is 106 cm³/mol. The minimum Gasteiger partial charge on any atom is -0.476 e. The Morgan fingerprint density at radius 2 is 1.46 bits per heavy atom. The minimum atomic E-state index is -1.28. The average Bonchev–Trinajstić information content (AvgIpc) is 2.62. The third kappa shape index (κ3) is 6.59. The normalized spacial score (nSPS) is 10.7. The maximum absolute atomic E-state index is 12.2. The van der Waals surface area contributed by atoms with E-state index in [1.165, 1.54) is 6.92 Å². The van der Waals surface area contributed by atoms with Crippen LogP contribution >= 0.6 is 11.6 Å². The van der Waals surface area contributed by atoms with Crippen molar-refractivity contribution < 1.29 is 23.9 Å². The number of anilines is 2. The van der Waals surface area contributed by atoms with Gasteiger partial charge in [-0.15, -0.1) is 0 Å². The molecule has 2 rings (SSSR count). The second-order valence-corrected chi connectivity index (χ2v) is 6.89. The Morgan fingerprint density at radius 3 is 2.00 bits per heavy atom. The minimum absolute atomic E-state index is 0.188. The summed E-state index contributed by atoms with van der Waals surface area (Å²) in [6.07, 6.45) is 0. The molecule has 0 saturated carbocycles. The Morgan fingerprint density at radius 1 is 0.929 bits per heavy atom. The van der Waals surface area contributed by atoms with E-state index in [4.69, 9.17) is 21.1 Å². The number of hydrogen-bond acceptors (Lipinski definition) is 5. The van der Waals surface area contributed by atoms with Crippen molar-refractivity contribution in [3.63, 3.8) is 0 Å². The number of nitrogens with one attached hydrogen (secondary N) is 2. The van der Waals surface area contributed by atoms with Gasteiger partial charge in [-0.3, -0.25) is 9.59 Å². The number of carbonyl (C=O) groups is 3. The molecular weight excluding hydrogens is 384 g/mol. The lowest BCUT2D eigenvalue weighted by Gasteiger charge is -2.24. The van der Waals surface area contributed by atoms with Crippen LogP contribution in [0.2, 0.25) is 5.02 Å². The van der Waals surface area contributed by atoms with E-state index in [1.54, 1.807) is 62.4 Å². The lowest BCUT2D eigenvalue weighted by atomic mass is 10.1. The highest BCUT2D eigenvalue weighted by molar-refractivity contribution is 6.30. The van der Waals surface area contributed by atoms with E-state index >= 15 is 0 Å². The lowest BCUT2D eigenvalue weighted by Crippen LogP contribution is -2.41. The molecule has 0 radical (unpaired) electrons. The highest BCUT2D eigenvalue weighted by atomic mass is 35.5. The van der Waals surface area contributed by atoms with Gasteiger partial charge in [0.25, 0.3) is 5.91 Å². The van der Waals surface area contributed by atoms with Crippen molar-refractivity contribution in [2.24, 2.45) is 0 Å². The van der Waals surface area contributed by atoms with Gasteiger partial charge in [0.2, 0.25) is 5.91 Å². The molecule has 0 unspecified atom stereocenters. The second kappa shape index (κ2) is 9.23. The van der Waals surface area contributed by atoms with Crippen molar-refractivity contribution in [2.45, 2.75) is 26.4 Å². The molecule has 2 aromatic carbocycles. The van der Waals surface area contributed by atoms with Crippen molar-refractivity contribution in [3.05, 3.63) is 53.6 Å². The molecule has 0 fully saturated rings. The van der Waals surface area contributed by atoms with Crippen molar-refractivity contribution in [2.75, 3.05) is 17.2 Å². The summed E-state index contributed by atoms with van der Waals surface area (Å²) in [4.78, 5) is 35.2. The number of amides is 2. The van der Waals surface area contributed by atoms with E-state index in [1.807, 2.05) is 0 Å². The highest BCUT2D eigenvalue weighted by Gasteiger charge is 2.32. The summed E-state index contributed by atoms with van der Waals surface area (Å²) in [5.74, 6) is -0.913. The van der Waals surface area contributed by atoms with Crippen LogP contribution < -0.4 is 15.4 Å². The van der Waals surface area contributed by atoms with Gasteiger partial charge in [-0.2, -0.15) is 0 Å². The first-order valence-electron chi connectivity index (χ1n) is 8.45. The molecule has 0 bridgehead atoms. The largest absolute Gasteiger partial charge is 0.476 e. The maximum Gasteiger partial charge on any atom is 0.350 e. The Bertz CT molecular complexity index is 848. The van der Waals surface area contributed by atoms with Gasteiger partial charge in [0, 0.05) is 23.3 Å². The zero-order chi connectivity index (χ0) is 20.7. The first-order valence-corrected chi connectivity index (χ1v) is 8.83. The molecular formula is C20H21ClN2O5. The molecule has 0 spiro atoms. The fourth-order valence-corrected chi connectivity index (χ4v) is 2.31. The summed E-state index contributed by atoms with van der Waals surface area (Å²) in [5, 5.41) is 5.77. The number of rotatable bonds is 7. The third-order valence-corrected chi connectivity index (χ3v) is 3.75. The first kappa shape index (κ1) is 21.2. The van der Waals surface area contributed by atoms with Crippen molar-refractivity contribution in [3.8, 4) is 5.75 Å². The molecule has 2 amide bonds. The smallest absolute Gasteiger partial charge is 0.350 e. The first-order chi connectivity index (χ1) is 13.2. The summed E-state index contributed by atoms with van der Waals surface area (Å²) in [6, 6.07) is 13.1. The Balaban J connectivity index is 1.84. The molecule has 7 nitrogen and oxygen atoms in total. The molecule has 8 heteroatoms. The molecule has 0 atom stereocenters. The number of esters is 1. The highest BCUT2D eigenvalue weighted by Crippen LogP contribution is 2.22. The number of hydrogen-bond donors (Lipinski definition) is 2. The number of ether oxygens (including phenoxy) is 2. The van der Waals surface area contributed by atoms with Crippen LogP contribution in [0.1, 0.15) is 20.8 Å². The van der Waals surface area contributed by atoms with Gasteiger partial charge in [0.05, 0.1) is 0 Å². The fraction of sp³-hybridized carbons (Fsp3) is 0.250. The summed E-state index contributed by atoms with van der Waals surface area (Å²) < 4.78 is 10.7. The monoisotopic (exact) mass is 404 g/mol.